The number of hydrogen-bond donors (Lipinski definition) is 3. The lowest BCUT2D eigenvalue weighted by Gasteiger charge is -2.04. The minimum Gasteiger partial charge on any atom is -0.394 e. The highest BCUT2D eigenvalue weighted by Gasteiger charge is 2.15. The van der Waals surface area contributed by atoms with E-state index in [1.165, 1.54) is 0 Å². The van der Waals surface area contributed by atoms with E-state index < -0.39 is 11.6 Å². The number of anilines is 1. The molecule has 0 unspecified atom stereocenters. The maximum atomic E-state index is 13.4. The number of rotatable bonds is 4. The van der Waals surface area contributed by atoms with Gasteiger partial charge in [-0.15, -0.1) is 0 Å². The van der Waals surface area contributed by atoms with Gasteiger partial charge in [0.1, 0.15) is 6.73 Å². The number of nitrogen functional groups attached to an aromatic ring is 1. The molecule has 0 aliphatic rings. The molecule has 0 amide bonds. The third-order valence-electron chi connectivity index (χ3n) is 2.03. The Kier molecular flexibility index (Phi) is 3.02. The molecule has 0 radical (unpaired) electrons. The van der Waals surface area contributed by atoms with Gasteiger partial charge in [-0.2, -0.15) is 14.4 Å². The molecular formula is C8H10FN5O3. The lowest BCUT2D eigenvalue weighted by molar-refractivity contribution is 0.0441. The third kappa shape index (κ3) is 2.10. The van der Waals surface area contributed by atoms with Crippen molar-refractivity contribution in [3.63, 3.8) is 0 Å². The molecule has 17 heavy (non-hydrogen) atoms. The average Bonchev–Trinajstić information content (AvgIpc) is 2.57. The van der Waals surface area contributed by atoms with Gasteiger partial charge in [0.2, 0.25) is 5.95 Å². The average molecular weight is 243 g/mol. The molecule has 2 rings (SSSR count). The van der Waals surface area contributed by atoms with Gasteiger partial charge in [0, 0.05) is 0 Å². The second-order valence-electron chi connectivity index (χ2n) is 3.19. The molecular weight excluding hydrogens is 233 g/mol. The zero-order valence-corrected chi connectivity index (χ0v) is 8.68. The maximum absolute atomic E-state index is 13.4. The standard InChI is InChI=1S/C8H10FN5O3/c9-7-11-4-5(12-8(10)13-6(4)16)14(7)3-17-2-1-15/h15H,1-3H2,(H3,10,12,13,16). The van der Waals surface area contributed by atoms with Crippen molar-refractivity contribution in [2.24, 2.45) is 0 Å². The number of nitrogens with one attached hydrogen (secondary N) is 1. The number of fused-ring (bicyclic) bond motifs is 1. The Morgan fingerprint density at radius 2 is 2.29 bits per heavy atom. The van der Waals surface area contributed by atoms with E-state index in [0.29, 0.717) is 0 Å². The molecule has 0 atom stereocenters. The van der Waals surface area contributed by atoms with Gasteiger partial charge in [0.05, 0.1) is 13.2 Å². The van der Waals surface area contributed by atoms with Crippen LogP contribution in [0.4, 0.5) is 10.3 Å². The van der Waals surface area contributed by atoms with Crippen molar-refractivity contribution in [1.82, 2.24) is 19.5 Å². The van der Waals surface area contributed by atoms with Crippen LogP contribution in [0.25, 0.3) is 11.2 Å². The zero-order chi connectivity index (χ0) is 12.4. The maximum Gasteiger partial charge on any atom is 0.293 e. The van der Waals surface area contributed by atoms with Crippen molar-refractivity contribution in [3.05, 3.63) is 16.4 Å². The van der Waals surface area contributed by atoms with Crippen LogP contribution in [0.1, 0.15) is 0 Å². The highest BCUT2D eigenvalue weighted by atomic mass is 19.1. The molecule has 0 aliphatic heterocycles. The summed E-state index contributed by atoms with van der Waals surface area (Å²) in [6, 6.07) is 0. The van der Waals surface area contributed by atoms with Gasteiger partial charge in [0.25, 0.3) is 11.6 Å². The van der Waals surface area contributed by atoms with E-state index in [2.05, 4.69) is 15.0 Å². The van der Waals surface area contributed by atoms with Crippen molar-refractivity contribution in [2.45, 2.75) is 6.73 Å². The van der Waals surface area contributed by atoms with Crippen LogP contribution in [0.5, 0.6) is 0 Å². The zero-order valence-electron chi connectivity index (χ0n) is 8.68. The molecule has 0 fully saturated rings. The number of aromatic amines is 1. The number of nitrogens with two attached hydrogens (primary N) is 1. The summed E-state index contributed by atoms with van der Waals surface area (Å²) in [5, 5.41) is 8.53. The largest absolute Gasteiger partial charge is 0.394 e. The Hall–Kier alpha value is -2.00. The topological polar surface area (TPSA) is 119 Å². The molecule has 2 aromatic rings. The predicted octanol–water partition coefficient (Wildman–Crippen LogP) is -1.19. The minimum absolute atomic E-state index is 0.00156. The summed E-state index contributed by atoms with van der Waals surface area (Å²) in [7, 11) is 0. The first-order chi connectivity index (χ1) is 8.13. The minimum atomic E-state index is -0.901. The van der Waals surface area contributed by atoms with Crippen LogP contribution < -0.4 is 11.3 Å². The van der Waals surface area contributed by atoms with Gasteiger partial charge >= 0.3 is 0 Å². The lowest BCUT2D eigenvalue weighted by atomic mass is 10.5. The van der Waals surface area contributed by atoms with Crippen molar-refractivity contribution < 1.29 is 14.2 Å². The quantitative estimate of drug-likeness (QED) is 0.458. The Labute approximate surface area is 93.9 Å². The number of nitrogens with zero attached hydrogens (tertiary/aromatic N) is 3. The number of hydrogen-bond acceptors (Lipinski definition) is 6. The summed E-state index contributed by atoms with van der Waals surface area (Å²) in [4.78, 5) is 20.8. The van der Waals surface area contributed by atoms with Crippen molar-refractivity contribution in [2.75, 3.05) is 18.9 Å². The first kappa shape index (κ1) is 11.5. The second-order valence-corrected chi connectivity index (χ2v) is 3.19. The van der Waals surface area contributed by atoms with Crippen molar-refractivity contribution >= 4 is 17.1 Å². The fourth-order valence-corrected chi connectivity index (χ4v) is 1.34. The van der Waals surface area contributed by atoms with E-state index in [-0.39, 0.29) is 37.1 Å². The fourth-order valence-electron chi connectivity index (χ4n) is 1.34. The van der Waals surface area contributed by atoms with Gasteiger partial charge in [-0.3, -0.25) is 14.3 Å². The van der Waals surface area contributed by atoms with Gasteiger partial charge in [-0.1, -0.05) is 0 Å². The lowest BCUT2D eigenvalue weighted by Crippen LogP contribution is -2.13. The predicted molar refractivity (Wildman–Crippen MR) is 55.6 cm³/mol. The van der Waals surface area contributed by atoms with Gasteiger partial charge in [0.15, 0.2) is 11.2 Å². The number of aliphatic hydroxyl groups is 1. The van der Waals surface area contributed by atoms with E-state index in [1.807, 2.05) is 0 Å². The monoisotopic (exact) mass is 243 g/mol. The number of ether oxygens (including phenoxy) is 1. The number of imidazole rings is 1. The highest BCUT2D eigenvalue weighted by Crippen LogP contribution is 2.10. The Bertz CT molecular complexity index is 593. The first-order valence-electron chi connectivity index (χ1n) is 4.73. The number of aliphatic hydroxyl groups excluding tert-OH is 1. The van der Waals surface area contributed by atoms with Crippen molar-refractivity contribution in [3.8, 4) is 0 Å². The van der Waals surface area contributed by atoms with Crippen LogP contribution in [0.15, 0.2) is 4.79 Å². The Morgan fingerprint density at radius 3 is 3.00 bits per heavy atom. The molecule has 4 N–H and O–H groups in total. The molecule has 2 heterocycles. The number of H-pyrrole nitrogens is 1. The number of aromatic nitrogens is 4. The van der Waals surface area contributed by atoms with Crippen molar-refractivity contribution in [1.29, 1.82) is 0 Å². The summed E-state index contributed by atoms with van der Waals surface area (Å²) >= 11 is 0. The van der Waals surface area contributed by atoms with Gasteiger partial charge in [-0.05, 0) is 0 Å². The molecule has 9 heteroatoms. The van der Waals surface area contributed by atoms with Crippen LogP contribution in [-0.4, -0.2) is 37.8 Å². The molecule has 8 nitrogen and oxygen atoms in total. The molecule has 0 aliphatic carbocycles. The molecule has 0 spiro atoms. The van der Waals surface area contributed by atoms with E-state index in [9.17, 15) is 9.18 Å². The normalized spacial score (nSPS) is 11.2. The van der Waals surface area contributed by atoms with Crippen LogP contribution in [0, 0.1) is 6.08 Å². The van der Waals surface area contributed by atoms with Crippen LogP contribution in [-0.2, 0) is 11.5 Å². The molecule has 92 valence electrons. The highest BCUT2D eigenvalue weighted by molar-refractivity contribution is 5.70. The van der Waals surface area contributed by atoms with E-state index in [4.69, 9.17) is 15.6 Å². The molecule has 0 saturated carbocycles. The summed E-state index contributed by atoms with van der Waals surface area (Å²) in [6.07, 6.45) is -0.901. The van der Waals surface area contributed by atoms with E-state index >= 15 is 0 Å². The summed E-state index contributed by atoms with van der Waals surface area (Å²) < 4.78 is 19.3. The summed E-state index contributed by atoms with van der Waals surface area (Å²) in [6.45, 7) is -0.360. The Morgan fingerprint density at radius 1 is 1.53 bits per heavy atom. The molecule has 0 bridgehead atoms. The first-order valence-corrected chi connectivity index (χ1v) is 4.73. The van der Waals surface area contributed by atoms with E-state index in [0.717, 1.165) is 4.57 Å². The Balaban J connectivity index is 2.47. The van der Waals surface area contributed by atoms with E-state index in [1.54, 1.807) is 0 Å². The van der Waals surface area contributed by atoms with Crippen LogP contribution in [0.3, 0.4) is 0 Å². The van der Waals surface area contributed by atoms with Crippen LogP contribution >= 0.6 is 0 Å². The summed E-state index contributed by atoms with van der Waals surface area (Å²) in [5.74, 6) is -0.134. The summed E-state index contributed by atoms with van der Waals surface area (Å²) in [5.41, 5.74) is 4.58. The van der Waals surface area contributed by atoms with Crippen LogP contribution in [0.2, 0.25) is 0 Å². The molecule has 0 saturated heterocycles. The molecule has 2 aromatic heterocycles. The fraction of sp³-hybridized carbons (Fsp3) is 0.375. The van der Waals surface area contributed by atoms with Gasteiger partial charge < -0.3 is 15.6 Å². The molecule has 0 aromatic carbocycles. The number of halogens is 1. The second kappa shape index (κ2) is 4.47. The smallest absolute Gasteiger partial charge is 0.293 e. The SMILES string of the molecule is Nc1nc2c(nc(F)n2COCCO)c(=O)[nH]1. The third-order valence-corrected chi connectivity index (χ3v) is 2.03. The van der Waals surface area contributed by atoms with Gasteiger partial charge in [-0.25, -0.2) is 0 Å².